The highest BCUT2D eigenvalue weighted by atomic mass is 16.3. The third-order valence-corrected chi connectivity index (χ3v) is 3.88. The summed E-state index contributed by atoms with van der Waals surface area (Å²) in [4.78, 5) is 14.4. The molecule has 1 fully saturated rings. The van der Waals surface area contributed by atoms with Crippen molar-refractivity contribution < 1.29 is 9.90 Å². The summed E-state index contributed by atoms with van der Waals surface area (Å²) in [6.07, 6.45) is 7.30. The Balaban J connectivity index is 2.73. The molecule has 1 aliphatic rings. The van der Waals surface area contributed by atoms with Crippen molar-refractivity contribution in [3.63, 3.8) is 0 Å². The quantitative estimate of drug-likeness (QED) is 0.759. The molecule has 1 unspecified atom stereocenters. The number of rotatable bonds is 6. The van der Waals surface area contributed by atoms with Gasteiger partial charge in [0.25, 0.3) is 0 Å². The van der Waals surface area contributed by atoms with Crippen LogP contribution in [-0.2, 0) is 4.79 Å². The molecule has 0 saturated heterocycles. The fourth-order valence-electron chi connectivity index (χ4n) is 2.90. The maximum atomic E-state index is 12.5. The predicted molar refractivity (Wildman–Crippen MR) is 73.2 cm³/mol. The fraction of sp³-hybridized carbons (Fsp3) is 0.929. The first-order chi connectivity index (χ1) is 8.53. The van der Waals surface area contributed by atoms with Gasteiger partial charge in [-0.25, -0.2) is 0 Å². The van der Waals surface area contributed by atoms with Gasteiger partial charge < -0.3 is 15.7 Å². The van der Waals surface area contributed by atoms with Gasteiger partial charge in [0.1, 0.15) is 0 Å². The summed E-state index contributed by atoms with van der Waals surface area (Å²) in [7, 11) is 0. The van der Waals surface area contributed by atoms with Crippen LogP contribution in [0.3, 0.4) is 0 Å². The van der Waals surface area contributed by atoms with E-state index in [9.17, 15) is 9.90 Å². The number of carbonyl (C=O) groups excluding carboxylic acids is 1. The SMILES string of the molecule is CCCC(C)(N)C(=O)N(CCO)C1CCCCC1. The van der Waals surface area contributed by atoms with Crippen molar-refractivity contribution in [1.82, 2.24) is 4.90 Å². The average molecular weight is 256 g/mol. The van der Waals surface area contributed by atoms with Crippen molar-refractivity contribution >= 4 is 5.91 Å². The van der Waals surface area contributed by atoms with Crippen LogP contribution in [-0.4, -0.2) is 40.6 Å². The number of nitrogens with two attached hydrogens (primary N) is 1. The highest BCUT2D eigenvalue weighted by molar-refractivity contribution is 5.86. The van der Waals surface area contributed by atoms with E-state index < -0.39 is 5.54 Å². The molecular weight excluding hydrogens is 228 g/mol. The molecule has 1 atom stereocenters. The summed E-state index contributed by atoms with van der Waals surface area (Å²) in [5, 5.41) is 9.18. The van der Waals surface area contributed by atoms with Crippen molar-refractivity contribution in [1.29, 1.82) is 0 Å². The Bertz CT molecular complexity index is 261. The molecule has 1 saturated carbocycles. The summed E-state index contributed by atoms with van der Waals surface area (Å²) >= 11 is 0. The smallest absolute Gasteiger partial charge is 0.242 e. The lowest BCUT2D eigenvalue weighted by atomic mass is 9.90. The minimum Gasteiger partial charge on any atom is -0.395 e. The number of carbonyl (C=O) groups is 1. The molecule has 0 bridgehead atoms. The molecule has 4 nitrogen and oxygen atoms in total. The lowest BCUT2D eigenvalue weighted by Crippen LogP contribution is -2.57. The third kappa shape index (κ3) is 3.95. The molecule has 1 aliphatic carbocycles. The number of hydrogen-bond acceptors (Lipinski definition) is 3. The lowest BCUT2D eigenvalue weighted by Gasteiger charge is -2.38. The monoisotopic (exact) mass is 256 g/mol. The van der Waals surface area contributed by atoms with E-state index >= 15 is 0 Å². The van der Waals surface area contributed by atoms with E-state index in [0.717, 1.165) is 19.3 Å². The van der Waals surface area contributed by atoms with Crippen molar-refractivity contribution in [3.8, 4) is 0 Å². The minimum absolute atomic E-state index is 0.00491. The van der Waals surface area contributed by atoms with Gasteiger partial charge in [0, 0.05) is 12.6 Å². The lowest BCUT2D eigenvalue weighted by molar-refractivity contribution is -0.140. The standard InChI is InChI=1S/C14H28N2O2/c1-3-9-14(2,15)13(18)16(10-11-17)12-7-5-4-6-8-12/h12,17H,3-11,15H2,1-2H3. The van der Waals surface area contributed by atoms with E-state index in [4.69, 9.17) is 5.73 Å². The number of amides is 1. The summed E-state index contributed by atoms with van der Waals surface area (Å²) < 4.78 is 0. The Labute approximate surface area is 111 Å². The van der Waals surface area contributed by atoms with Crippen LogP contribution in [0, 0.1) is 0 Å². The molecule has 1 amide bonds. The molecule has 0 aromatic heterocycles. The zero-order chi connectivity index (χ0) is 13.6. The van der Waals surface area contributed by atoms with Crippen LogP contribution >= 0.6 is 0 Å². The minimum atomic E-state index is -0.790. The largest absolute Gasteiger partial charge is 0.395 e. The predicted octanol–water partition coefficient (Wildman–Crippen LogP) is 1.66. The summed E-state index contributed by atoms with van der Waals surface area (Å²) in [6, 6.07) is 0.276. The van der Waals surface area contributed by atoms with Gasteiger partial charge in [-0.2, -0.15) is 0 Å². The molecule has 0 aromatic carbocycles. The Hall–Kier alpha value is -0.610. The highest BCUT2D eigenvalue weighted by Gasteiger charge is 2.35. The van der Waals surface area contributed by atoms with Crippen LogP contribution < -0.4 is 5.73 Å². The van der Waals surface area contributed by atoms with Crippen LogP contribution in [0.4, 0.5) is 0 Å². The Kier molecular flexibility index (Phi) is 6.09. The van der Waals surface area contributed by atoms with Crippen LogP contribution in [0.2, 0.25) is 0 Å². The second-order valence-electron chi connectivity index (χ2n) is 5.68. The van der Waals surface area contributed by atoms with Crippen LogP contribution in [0.15, 0.2) is 0 Å². The zero-order valence-electron chi connectivity index (χ0n) is 11.8. The third-order valence-electron chi connectivity index (χ3n) is 3.88. The van der Waals surface area contributed by atoms with Gasteiger partial charge in [-0.1, -0.05) is 32.6 Å². The molecule has 4 heteroatoms. The molecule has 18 heavy (non-hydrogen) atoms. The van der Waals surface area contributed by atoms with Gasteiger partial charge >= 0.3 is 0 Å². The average Bonchev–Trinajstić information content (AvgIpc) is 2.36. The molecular formula is C14H28N2O2. The van der Waals surface area contributed by atoms with Gasteiger partial charge in [0.2, 0.25) is 5.91 Å². The van der Waals surface area contributed by atoms with Crippen LogP contribution in [0.1, 0.15) is 58.8 Å². The normalized spacial score (nSPS) is 20.4. The maximum Gasteiger partial charge on any atom is 0.242 e. The number of aliphatic hydroxyl groups excluding tert-OH is 1. The fourth-order valence-corrected chi connectivity index (χ4v) is 2.90. The number of aliphatic hydroxyl groups is 1. The van der Waals surface area contributed by atoms with Crippen molar-refractivity contribution in [2.24, 2.45) is 5.73 Å². The van der Waals surface area contributed by atoms with E-state index in [2.05, 4.69) is 0 Å². The molecule has 1 rings (SSSR count). The molecule has 0 aromatic rings. The second kappa shape index (κ2) is 7.10. The van der Waals surface area contributed by atoms with E-state index in [1.807, 2.05) is 18.7 Å². The van der Waals surface area contributed by atoms with E-state index in [1.165, 1.54) is 19.3 Å². The molecule has 106 valence electrons. The van der Waals surface area contributed by atoms with Crippen molar-refractivity contribution in [2.45, 2.75) is 70.4 Å². The molecule has 0 spiro atoms. The first-order valence-electron chi connectivity index (χ1n) is 7.23. The Morgan fingerprint density at radius 2 is 2.00 bits per heavy atom. The number of hydrogen-bond donors (Lipinski definition) is 2. The maximum absolute atomic E-state index is 12.5. The van der Waals surface area contributed by atoms with Gasteiger partial charge in [0.05, 0.1) is 12.1 Å². The Morgan fingerprint density at radius 1 is 1.39 bits per heavy atom. The van der Waals surface area contributed by atoms with E-state index in [1.54, 1.807) is 0 Å². The van der Waals surface area contributed by atoms with Gasteiger partial charge in [-0.3, -0.25) is 4.79 Å². The van der Waals surface area contributed by atoms with E-state index in [0.29, 0.717) is 13.0 Å². The van der Waals surface area contributed by atoms with Crippen molar-refractivity contribution in [3.05, 3.63) is 0 Å². The van der Waals surface area contributed by atoms with Gasteiger partial charge in [0.15, 0.2) is 0 Å². The Morgan fingerprint density at radius 3 is 2.50 bits per heavy atom. The van der Waals surface area contributed by atoms with Gasteiger partial charge in [-0.15, -0.1) is 0 Å². The first-order valence-corrected chi connectivity index (χ1v) is 7.23. The van der Waals surface area contributed by atoms with E-state index in [-0.39, 0.29) is 18.6 Å². The topological polar surface area (TPSA) is 66.6 Å². The summed E-state index contributed by atoms with van der Waals surface area (Å²) in [5.41, 5.74) is 5.35. The van der Waals surface area contributed by atoms with Crippen molar-refractivity contribution in [2.75, 3.05) is 13.2 Å². The molecule has 0 aliphatic heterocycles. The first kappa shape index (κ1) is 15.4. The summed E-state index contributed by atoms with van der Waals surface area (Å²) in [6.45, 7) is 4.28. The summed E-state index contributed by atoms with van der Waals surface area (Å²) in [5.74, 6) is 0.00491. The highest BCUT2D eigenvalue weighted by Crippen LogP contribution is 2.25. The second-order valence-corrected chi connectivity index (χ2v) is 5.68. The van der Waals surface area contributed by atoms with Crippen LogP contribution in [0.25, 0.3) is 0 Å². The molecule has 0 radical (unpaired) electrons. The molecule has 0 heterocycles. The van der Waals surface area contributed by atoms with Gasteiger partial charge in [-0.05, 0) is 26.2 Å². The van der Waals surface area contributed by atoms with Crippen LogP contribution in [0.5, 0.6) is 0 Å². The number of nitrogens with zero attached hydrogens (tertiary/aromatic N) is 1. The zero-order valence-corrected chi connectivity index (χ0v) is 11.8. The molecule has 3 N–H and O–H groups in total.